The first-order valence-corrected chi connectivity index (χ1v) is 25.9. The maximum absolute atomic E-state index is 13.2. The van der Waals surface area contributed by atoms with Crippen LogP contribution in [-0.2, 0) is 33.2 Å². The molecule has 0 spiro atoms. The van der Waals surface area contributed by atoms with E-state index >= 15 is 0 Å². The zero-order valence-corrected chi connectivity index (χ0v) is 41.5. The highest BCUT2D eigenvalue weighted by atomic mass is 16.8. The average molecular weight is 1000 g/mol. The van der Waals surface area contributed by atoms with Crippen LogP contribution >= 0.6 is 0 Å². The number of hydrogen-bond acceptors (Lipinski definition) is 18. The molecule has 12 N–H and O–H groups in total. The van der Waals surface area contributed by atoms with E-state index in [-0.39, 0.29) is 18.9 Å². The van der Waals surface area contributed by atoms with Gasteiger partial charge in [-0.1, -0.05) is 114 Å². The second-order valence-electron chi connectivity index (χ2n) is 18.6. The van der Waals surface area contributed by atoms with E-state index in [0.717, 1.165) is 70.6 Å². The lowest BCUT2D eigenvalue weighted by atomic mass is 9.96. The van der Waals surface area contributed by atoms with Crippen molar-refractivity contribution in [1.82, 2.24) is 5.32 Å². The van der Waals surface area contributed by atoms with Gasteiger partial charge in [-0.25, -0.2) is 0 Å². The Kier molecular flexibility index (Phi) is 31.8. The Balaban J connectivity index is 1.55. The number of hydrogen-bond donors (Lipinski definition) is 12. The van der Waals surface area contributed by atoms with Crippen LogP contribution in [0.15, 0.2) is 48.6 Å². The zero-order chi connectivity index (χ0) is 51.3. The molecule has 0 aliphatic carbocycles. The lowest BCUT2D eigenvalue weighted by molar-refractivity contribution is -0.379. The van der Waals surface area contributed by atoms with Gasteiger partial charge in [-0.2, -0.15) is 0 Å². The summed E-state index contributed by atoms with van der Waals surface area (Å²) in [6.07, 6.45) is 8.47. The molecule has 406 valence electrons. The number of carbonyl (C=O) groups excluding carboxylic acids is 1. The van der Waals surface area contributed by atoms with Crippen molar-refractivity contribution in [3.05, 3.63) is 48.6 Å². The van der Waals surface area contributed by atoms with Crippen LogP contribution in [0.25, 0.3) is 0 Å². The van der Waals surface area contributed by atoms with Crippen LogP contribution in [-0.4, -0.2) is 193 Å². The van der Waals surface area contributed by atoms with Crippen LogP contribution < -0.4 is 5.32 Å². The molecule has 0 aromatic rings. The van der Waals surface area contributed by atoms with Crippen LogP contribution in [0.3, 0.4) is 0 Å². The molecule has 70 heavy (non-hydrogen) atoms. The Labute approximate surface area is 414 Å². The third kappa shape index (κ3) is 21.3. The van der Waals surface area contributed by atoms with Crippen molar-refractivity contribution in [2.75, 3.05) is 26.4 Å². The number of nitrogens with one attached hydrogen (secondary N) is 1. The van der Waals surface area contributed by atoms with E-state index in [2.05, 4.69) is 55.6 Å². The minimum Gasteiger partial charge on any atom is -0.394 e. The Morgan fingerprint density at radius 1 is 0.514 bits per heavy atom. The molecule has 17 unspecified atom stereocenters. The molecule has 3 aliphatic rings. The van der Waals surface area contributed by atoms with Crippen LogP contribution in [0.4, 0.5) is 0 Å². The molecule has 0 saturated carbocycles. The molecule has 3 aliphatic heterocycles. The number of rotatable bonds is 35. The second kappa shape index (κ2) is 35.8. The predicted octanol–water partition coefficient (Wildman–Crippen LogP) is 1.97. The van der Waals surface area contributed by atoms with Crippen molar-refractivity contribution in [2.45, 2.75) is 240 Å². The molecule has 0 aromatic heterocycles. The van der Waals surface area contributed by atoms with E-state index in [9.17, 15) is 61.0 Å². The van der Waals surface area contributed by atoms with Gasteiger partial charge in [0.25, 0.3) is 0 Å². The van der Waals surface area contributed by atoms with Crippen LogP contribution in [0, 0.1) is 0 Å². The monoisotopic (exact) mass is 1000 g/mol. The van der Waals surface area contributed by atoms with Crippen molar-refractivity contribution in [2.24, 2.45) is 0 Å². The lowest BCUT2D eigenvalue weighted by Crippen LogP contribution is -2.66. The van der Waals surface area contributed by atoms with E-state index in [1.54, 1.807) is 6.08 Å². The van der Waals surface area contributed by atoms with Gasteiger partial charge in [0, 0.05) is 6.42 Å². The van der Waals surface area contributed by atoms with E-state index in [0.29, 0.717) is 12.8 Å². The van der Waals surface area contributed by atoms with E-state index < -0.39 is 124 Å². The summed E-state index contributed by atoms with van der Waals surface area (Å²) in [5.41, 5.74) is 0. The summed E-state index contributed by atoms with van der Waals surface area (Å²) < 4.78 is 34.0. The number of aliphatic hydroxyl groups excluding tert-OH is 11. The van der Waals surface area contributed by atoms with Crippen LogP contribution in [0.2, 0.25) is 0 Å². The first-order chi connectivity index (χ1) is 33.8. The normalized spacial score (nSPS) is 33.0. The SMILES string of the molecule is CCCCC/C=C/CC/C=C/C(O)C(COC1OC(CO)C(OC2OC(CO)C(OC3OC(CO)C(O)C(O)C3O)C(O)C2O)C(O)C1O)NC(=O)CCCCCCC/C=C\C/C=C\CCCCCC. The highest BCUT2D eigenvalue weighted by molar-refractivity contribution is 5.76. The van der Waals surface area contributed by atoms with E-state index in [1.165, 1.54) is 32.1 Å². The summed E-state index contributed by atoms with van der Waals surface area (Å²) in [6, 6.07) is -0.994. The number of carbonyl (C=O) groups is 1. The number of ether oxygens (including phenoxy) is 6. The zero-order valence-electron chi connectivity index (χ0n) is 41.5. The number of allylic oxidation sites excluding steroid dienone is 7. The summed E-state index contributed by atoms with van der Waals surface area (Å²) in [4.78, 5) is 13.2. The average Bonchev–Trinajstić information content (AvgIpc) is 3.35. The van der Waals surface area contributed by atoms with Gasteiger partial charge in [-0.05, 0) is 64.2 Å². The number of unbranched alkanes of at least 4 members (excludes halogenated alkanes) is 13. The van der Waals surface area contributed by atoms with Crippen LogP contribution in [0.1, 0.15) is 136 Å². The fourth-order valence-electron chi connectivity index (χ4n) is 8.47. The van der Waals surface area contributed by atoms with Crippen molar-refractivity contribution in [1.29, 1.82) is 0 Å². The summed E-state index contributed by atoms with van der Waals surface area (Å²) in [5, 5.41) is 119. The van der Waals surface area contributed by atoms with Gasteiger partial charge in [0.05, 0.1) is 38.6 Å². The van der Waals surface area contributed by atoms with Gasteiger partial charge in [0.2, 0.25) is 5.91 Å². The Morgan fingerprint density at radius 3 is 1.54 bits per heavy atom. The summed E-state index contributed by atoms with van der Waals surface area (Å²) in [6.45, 7) is 1.56. The van der Waals surface area contributed by atoms with Gasteiger partial charge in [0.1, 0.15) is 73.2 Å². The second-order valence-corrected chi connectivity index (χ2v) is 18.6. The van der Waals surface area contributed by atoms with Gasteiger partial charge in [-0.3, -0.25) is 4.79 Å². The predicted molar refractivity (Wildman–Crippen MR) is 259 cm³/mol. The van der Waals surface area contributed by atoms with Gasteiger partial charge in [0.15, 0.2) is 18.9 Å². The van der Waals surface area contributed by atoms with E-state index in [4.69, 9.17) is 28.4 Å². The smallest absolute Gasteiger partial charge is 0.220 e. The van der Waals surface area contributed by atoms with Gasteiger partial charge >= 0.3 is 0 Å². The first-order valence-electron chi connectivity index (χ1n) is 25.9. The van der Waals surface area contributed by atoms with Gasteiger partial charge in [-0.15, -0.1) is 0 Å². The summed E-state index contributed by atoms with van der Waals surface area (Å²) in [7, 11) is 0. The molecule has 1 amide bonds. The van der Waals surface area contributed by atoms with Crippen molar-refractivity contribution < 1.29 is 89.4 Å². The van der Waals surface area contributed by atoms with E-state index in [1.807, 2.05) is 6.08 Å². The molecule has 19 nitrogen and oxygen atoms in total. The first kappa shape index (κ1) is 62.0. The lowest BCUT2D eigenvalue weighted by Gasteiger charge is -2.48. The fraction of sp³-hybridized carbons (Fsp3) is 0.824. The molecule has 3 heterocycles. The molecular weight excluding hydrogens is 915 g/mol. The number of amides is 1. The Bertz CT molecular complexity index is 1480. The molecule has 3 fully saturated rings. The molecule has 0 aromatic carbocycles. The van der Waals surface area contributed by atoms with Crippen molar-refractivity contribution in [3.8, 4) is 0 Å². The van der Waals surface area contributed by atoms with Crippen LogP contribution in [0.5, 0.6) is 0 Å². The minimum atomic E-state index is -1.98. The third-order valence-electron chi connectivity index (χ3n) is 12.8. The quantitative estimate of drug-likeness (QED) is 0.0319. The molecule has 19 heteroatoms. The maximum Gasteiger partial charge on any atom is 0.220 e. The summed E-state index contributed by atoms with van der Waals surface area (Å²) in [5.74, 6) is -0.306. The third-order valence-corrected chi connectivity index (χ3v) is 12.8. The summed E-state index contributed by atoms with van der Waals surface area (Å²) >= 11 is 0. The van der Waals surface area contributed by atoms with Crippen molar-refractivity contribution >= 4 is 5.91 Å². The Hall–Kier alpha value is -2.25. The number of aliphatic hydroxyl groups is 11. The standard InChI is InChI=1S/C51H89NO18/c1-3-5-7-9-11-13-14-15-16-17-18-19-21-23-25-27-29-39(57)52-34(35(56)28-26-24-22-20-12-10-8-6-4-2)33-65-49-45(63)42(60)47(37(31-54)67-49)70-51-46(64)43(61)48(38(32-55)68-51)69-50-44(62)41(59)40(58)36(30-53)66-50/h12-14,16-17,20,26,28,34-38,40-51,53-56,58-64H,3-11,15,18-19,21-25,27,29-33H2,1-2H3,(H,52,57)/b14-13-,17-16-,20-12+,28-26+. The molecule has 3 saturated heterocycles. The largest absolute Gasteiger partial charge is 0.394 e. The van der Waals surface area contributed by atoms with Crippen molar-refractivity contribution in [3.63, 3.8) is 0 Å². The van der Waals surface area contributed by atoms with Gasteiger partial charge < -0.3 is 89.9 Å². The molecule has 0 bridgehead atoms. The maximum atomic E-state index is 13.2. The minimum absolute atomic E-state index is 0.217. The molecular formula is C51H89NO18. The highest BCUT2D eigenvalue weighted by Gasteiger charge is 2.53. The molecule has 0 radical (unpaired) electrons. The molecule has 3 rings (SSSR count). The fourth-order valence-corrected chi connectivity index (χ4v) is 8.47. The molecule has 17 atom stereocenters. The Morgan fingerprint density at radius 2 is 0.957 bits per heavy atom. The topological polar surface area (TPSA) is 307 Å². The highest BCUT2D eigenvalue weighted by Crippen LogP contribution is 2.33.